The largest absolute Gasteiger partial charge is 0.378 e. The highest BCUT2D eigenvalue weighted by Crippen LogP contribution is 2.08. The zero-order chi connectivity index (χ0) is 12.1. The fraction of sp³-hybridized carbons (Fsp3) is 0.417. The molecule has 1 saturated heterocycles. The molecule has 0 spiro atoms. The summed E-state index contributed by atoms with van der Waals surface area (Å²) in [6.07, 6.45) is 0. The van der Waals surface area contributed by atoms with Gasteiger partial charge < -0.3 is 15.0 Å². The minimum absolute atomic E-state index is 0.0116. The zero-order valence-corrected chi connectivity index (χ0v) is 9.49. The number of benzene rings is 1. The van der Waals surface area contributed by atoms with Crippen LogP contribution in [0, 0.1) is 5.82 Å². The van der Waals surface area contributed by atoms with Gasteiger partial charge in [0.25, 0.3) is 0 Å². The number of morpholine rings is 1. The Morgan fingerprint density at radius 2 is 2.18 bits per heavy atom. The van der Waals surface area contributed by atoms with Gasteiger partial charge in [0.05, 0.1) is 19.8 Å². The molecule has 0 bridgehead atoms. The van der Waals surface area contributed by atoms with Gasteiger partial charge in [-0.3, -0.25) is 4.79 Å². The molecule has 1 aromatic carbocycles. The molecule has 2 rings (SSSR count). The maximum Gasteiger partial charge on any atom is 0.242 e. The fourth-order valence-electron chi connectivity index (χ4n) is 1.70. The predicted octanol–water partition coefficient (Wildman–Crippen LogP) is 1.10. The molecule has 1 aliphatic rings. The second-order valence-corrected chi connectivity index (χ2v) is 3.86. The molecule has 0 saturated carbocycles. The highest BCUT2D eigenvalue weighted by atomic mass is 19.1. The van der Waals surface area contributed by atoms with E-state index < -0.39 is 0 Å². The Balaban J connectivity index is 1.83. The summed E-state index contributed by atoms with van der Waals surface area (Å²) in [5.41, 5.74) is 0.617. The van der Waals surface area contributed by atoms with Crippen molar-refractivity contribution in [2.75, 3.05) is 38.2 Å². The summed E-state index contributed by atoms with van der Waals surface area (Å²) < 4.78 is 18.1. The van der Waals surface area contributed by atoms with Crippen LogP contribution in [0.1, 0.15) is 0 Å². The van der Waals surface area contributed by atoms with E-state index in [4.69, 9.17) is 4.74 Å². The lowest BCUT2D eigenvalue weighted by atomic mass is 10.3. The van der Waals surface area contributed by atoms with Gasteiger partial charge in [0.2, 0.25) is 5.91 Å². The molecule has 1 amide bonds. The van der Waals surface area contributed by atoms with E-state index in [-0.39, 0.29) is 18.3 Å². The molecule has 1 heterocycles. The van der Waals surface area contributed by atoms with E-state index in [9.17, 15) is 9.18 Å². The van der Waals surface area contributed by atoms with Crippen LogP contribution in [0.25, 0.3) is 0 Å². The number of amides is 1. The Hall–Kier alpha value is -1.62. The minimum Gasteiger partial charge on any atom is -0.378 e. The number of nitrogens with zero attached hydrogens (tertiary/aromatic N) is 1. The number of carbonyl (C=O) groups is 1. The third-order valence-corrected chi connectivity index (χ3v) is 2.63. The van der Waals surface area contributed by atoms with Gasteiger partial charge in [0.15, 0.2) is 0 Å². The van der Waals surface area contributed by atoms with E-state index in [1.807, 2.05) is 0 Å². The summed E-state index contributed by atoms with van der Waals surface area (Å²) in [6.45, 7) is 2.62. The Labute approximate surface area is 99.4 Å². The van der Waals surface area contributed by atoms with Gasteiger partial charge in [0.1, 0.15) is 5.82 Å². The lowest BCUT2D eigenvalue weighted by molar-refractivity contribution is -0.133. The average Bonchev–Trinajstić information content (AvgIpc) is 2.37. The van der Waals surface area contributed by atoms with Crippen molar-refractivity contribution in [3.63, 3.8) is 0 Å². The number of hydrogen-bond acceptors (Lipinski definition) is 3. The summed E-state index contributed by atoms with van der Waals surface area (Å²) in [6, 6.07) is 6.08. The molecule has 1 N–H and O–H groups in total. The van der Waals surface area contributed by atoms with Crippen LogP contribution in [0.3, 0.4) is 0 Å². The van der Waals surface area contributed by atoms with Crippen molar-refractivity contribution >= 4 is 11.6 Å². The van der Waals surface area contributed by atoms with Crippen LogP contribution in [-0.4, -0.2) is 43.7 Å². The van der Waals surface area contributed by atoms with Gasteiger partial charge in [-0.1, -0.05) is 6.07 Å². The third kappa shape index (κ3) is 3.42. The summed E-state index contributed by atoms with van der Waals surface area (Å²) >= 11 is 0. The van der Waals surface area contributed by atoms with Crippen molar-refractivity contribution in [2.24, 2.45) is 0 Å². The van der Waals surface area contributed by atoms with Crippen LogP contribution in [0.2, 0.25) is 0 Å². The molecule has 92 valence electrons. The summed E-state index contributed by atoms with van der Waals surface area (Å²) in [5.74, 6) is -0.300. The Morgan fingerprint density at radius 1 is 1.41 bits per heavy atom. The maximum absolute atomic E-state index is 12.9. The molecular weight excluding hydrogens is 223 g/mol. The molecule has 17 heavy (non-hydrogen) atoms. The van der Waals surface area contributed by atoms with E-state index in [0.717, 1.165) is 0 Å². The molecule has 4 nitrogen and oxygen atoms in total. The number of hydrogen-bond donors (Lipinski definition) is 1. The lowest BCUT2D eigenvalue weighted by Crippen LogP contribution is -2.43. The number of rotatable bonds is 3. The Morgan fingerprint density at radius 3 is 2.88 bits per heavy atom. The van der Waals surface area contributed by atoms with Crippen LogP contribution >= 0.6 is 0 Å². The number of halogens is 1. The van der Waals surface area contributed by atoms with Crippen LogP contribution in [-0.2, 0) is 9.53 Å². The van der Waals surface area contributed by atoms with E-state index in [0.29, 0.717) is 32.0 Å². The second-order valence-electron chi connectivity index (χ2n) is 3.86. The minimum atomic E-state index is -0.311. The van der Waals surface area contributed by atoms with Crippen molar-refractivity contribution in [3.05, 3.63) is 30.1 Å². The van der Waals surface area contributed by atoms with Crippen LogP contribution in [0.15, 0.2) is 24.3 Å². The molecule has 1 fully saturated rings. The summed E-state index contributed by atoms with van der Waals surface area (Å²) in [4.78, 5) is 13.5. The molecule has 0 aromatic heterocycles. The number of ether oxygens (including phenoxy) is 1. The van der Waals surface area contributed by atoms with E-state index in [2.05, 4.69) is 5.32 Å². The SMILES string of the molecule is O=C(CNc1cccc(F)c1)N1CCOCC1. The third-order valence-electron chi connectivity index (χ3n) is 2.63. The lowest BCUT2D eigenvalue weighted by Gasteiger charge is -2.27. The molecule has 5 heteroatoms. The topological polar surface area (TPSA) is 41.6 Å². The standard InChI is InChI=1S/C12H15FN2O2/c13-10-2-1-3-11(8-10)14-9-12(16)15-4-6-17-7-5-15/h1-3,8,14H,4-7,9H2. The van der Waals surface area contributed by atoms with Gasteiger partial charge >= 0.3 is 0 Å². The van der Waals surface area contributed by atoms with Crippen LogP contribution < -0.4 is 5.32 Å². The quantitative estimate of drug-likeness (QED) is 0.857. The molecular formula is C12H15FN2O2. The first-order chi connectivity index (χ1) is 8.25. The van der Waals surface area contributed by atoms with E-state index in [1.165, 1.54) is 12.1 Å². The van der Waals surface area contributed by atoms with Crippen molar-refractivity contribution in [1.82, 2.24) is 4.90 Å². The van der Waals surface area contributed by atoms with Gasteiger partial charge in [0, 0.05) is 18.8 Å². The maximum atomic E-state index is 12.9. The molecule has 0 unspecified atom stereocenters. The van der Waals surface area contributed by atoms with Crippen molar-refractivity contribution in [2.45, 2.75) is 0 Å². The van der Waals surface area contributed by atoms with Crippen molar-refractivity contribution in [1.29, 1.82) is 0 Å². The van der Waals surface area contributed by atoms with Crippen molar-refractivity contribution in [3.8, 4) is 0 Å². The highest BCUT2D eigenvalue weighted by Gasteiger charge is 2.16. The Bertz CT molecular complexity index is 392. The molecule has 1 aromatic rings. The number of carbonyl (C=O) groups excluding carboxylic acids is 1. The summed E-state index contributed by atoms with van der Waals surface area (Å²) in [7, 11) is 0. The van der Waals surface area contributed by atoms with Crippen LogP contribution in [0.5, 0.6) is 0 Å². The first-order valence-electron chi connectivity index (χ1n) is 5.60. The van der Waals surface area contributed by atoms with Crippen LogP contribution in [0.4, 0.5) is 10.1 Å². The smallest absolute Gasteiger partial charge is 0.242 e. The van der Waals surface area contributed by atoms with E-state index >= 15 is 0 Å². The molecule has 0 aliphatic carbocycles. The monoisotopic (exact) mass is 238 g/mol. The summed E-state index contributed by atoms with van der Waals surface area (Å²) in [5, 5.41) is 2.91. The fourth-order valence-corrected chi connectivity index (χ4v) is 1.70. The molecule has 0 atom stereocenters. The van der Waals surface area contributed by atoms with Gasteiger partial charge in [-0.15, -0.1) is 0 Å². The number of nitrogens with one attached hydrogen (secondary N) is 1. The first kappa shape index (κ1) is 11.9. The predicted molar refractivity (Wildman–Crippen MR) is 62.3 cm³/mol. The van der Waals surface area contributed by atoms with Gasteiger partial charge in [-0.05, 0) is 18.2 Å². The first-order valence-corrected chi connectivity index (χ1v) is 5.60. The second kappa shape index (κ2) is 5.63. The van der Waals surface area contributed by atoms with E-state index in [1.54, 1.807) is 17.0 Å². The van der Waals surface area contributed by atoms with Crippen molar-refractivity contribution < 1.29 is 13.9 Å². The number of anilines is 1. The normalized spacial score (nSPS) is 15.7. The highest BCUT2D eigenvalue weighted by molar-refractivity contribution is 5.80. The van der Waals surface area contributed by atoms with Gasteiger partial charge in [-0.2, -0.15) is 0 Å². The molecule has 0 radical (unpaired) electrons. The zero-order valence-electron chi connectivity index (χ0n) is 9.49. The average molecular weight is 238 g/mol. The molecule has 1 aliphatic heterocycles. The van der Waals surface area contributed by atoms with Gasteiger partial charge in [-0.25, -0.2) is 4.39 Å². The Kier molecular flexibility index (Phi) is 3.93.